The van der Waals surface area contributed by atoms with E-state index >= 15 is 0 Å². The molecule has 1 amide bonds. The summed E-state index contributed by atoms with van der Waals surface area (Å²) < 4.78 is 32.3. The van der Waals surface area contributed by atoms with Crippen LogP contribution in [-0.4, -0.2) is 33.5 Å². The zero-order valence-corrected chi connectivity index (χ0v) is 15.1. The molecule has 0 heterocycles. The summed E-state index contributed by atoms with van der Waals surface area (Å²) in [6, 6.07) is 4.91. The van der Waals surface area contributed by atoms with Gasteiger partial charge in [0.15, 0.2) is 6.61 Å². The van der Waals surface area contributed by atoms with Crippen LogP contribution in [0.25, 0.3) is 0 Å². The number of ether oxygens (including phenoxy) is 1. The number of nitrogens with one attached hydrogen (secondary N) is 2. The number of hydrogen-bond acceptors (Lipinski definition) is 4. The fourth-order valence-corrected chi connectivity index (χ4v) is 3.97. The van der Waals surface area contributed by atoms with Crippen LogP contribution in [0.3, 0.4) is 0 Å². The molecule has 0 atom stereocenters. The van der Waals surface area contributed by atoms with E-state index in [1.807, 2.05) is 6.92 Å². The number of amides is 1. The van der Waals surface area contributed by atoms with Gasteiger partial charge in [-0.2, -0.15) is 0 Å². The molecule has 0 bridgehead atoms. The molecule has 1 saturated carbocycles. The third-order valence-corrected chi connectivity index (χ3v) is 5.54. The quantitative estimate of drug-likeness (QED) is 0.749. The molecule has 0 aromatic heterocycles. The molecule has 0 aliphatic heterocycles. The van der Waals surface area contributed by atoms with Gasteiger partial charge in [0.2, 0.25) is 10.0 Å². The Morgan fingerprint density at radius 2 is 2.00 bits per heavy atom. The van der Waals surface area contributed by atoms with Crippen LogP contribution in [0, 0.1) is 6.92 Å². The van der Waals surface area contributed by atoms with Gasteiger partial charge in [0.1, 0.15) is 5.75 Å². The maximum atomic E-state index is 12.1. The molecule has 1 aliphatic carbocycles. The topological polar surface area (TPSA) is 84.5 Å². The van der Waals surface area contributed by atoms with E-state index in [1.165, 1.54) is 6.07 Å². The van der Waals surface area contributed by atoms with Crippen LogP contribution >= 0.6 is 0 Å². The Hall–Kier alpha value is -1.60. The first kappa shape index (κ1) is 18.7. The molecule has 1 aromatic carbocycles. The summed E-state index contributed by atoms with van der Waals surface area (Å²) in [5.74, 6) is 0.383. The molecule has 1 aromatic rings. The van der Waals surface area contributed by atoms with E-state index in [4.69, 9.17) is 4.74 Å². The molecule has 0 unspecified atom stereocenters. The van der Waals surface area contributed by atoms with Gasteiger partial charge in [-0.25, -0.2) is 13.1 Å². The van der Waals surface area contributed by atoms with Crippen molar-refractivity contribution in [2.45, 2.75) is 56.9 Å². The van der Waals surface area contributed by atoms with Crippen molar-refractivity contribution in [3.05, 3.63) is 23.8 Å². The maximum Gasteiger partial charge on any atom is 0.258 e. The van der Waals surface area contributed by atoms with Crippen molar-refractivity contribution >= 4 is 15.9 Å². The minimum atomic E-state index is -3.49. The van der Waals surface area contributed by atoms with Crippen molar-refractivity contribution < 1.29 is 17.9 Å². The highest BCUT2D eigenvalue weighted by Gasteiger charge is 2.18. The monoisotopic (exact) mass is 354 g/mol. The van der Waals surface area contributed by atoms with E-state index < -0.39 is 10.0 Å². The lowest BCUT2D eigenvalue weighted by Crippen LogP contribution is -2.36. The van der Waals surface area contributed by atoms with Crippen LogP contribution in [0.1, 0.15) is 44.6 Å². The first-order chi connectivity index (χ1) is 11.4. The largest absolute Gasteiger partial charge is 0.484 e. The standard InChI is InChI=1S/C17H26N2O4S/c1-3-10-18-24(21,22)15-8-9-16(13(2)11-15)23-12-17(20)19-14-6-4-5-7-14/h8-9,11,14,18H,3-7,10,12H2,1-2H3,(H,19,20). The summed E-state index contributed by atoms with van der Waals surface area (Å²) in [5, 5.41) is 2.96. The van der Waals surface area contributed by atoms with Crippen LogP contribution in [0.4, 0.5) is 0 Å². The van der Waals surface area contributed by atoms with Gasteiger partial charge in [-0.1, -0.05) is 19.8 Å². The lowest BCUT2D eigenvalue weighted by Gasteiger charge is -2.14. The molecule has 1 fully saturated rings. The molecular formula is C17H26N2O4S. The van der Waals surface area contributed by atoms with Gasteiger partial charge in [-0.05, 0) is 49.9 Å². The molecule has 134 valence electrons. The second kappa shape index (κ2) is 8.48. The molecule has 24 heavy (non-hydrogen) atoms. The predicted molar refractivity (Wildman–Crippen MR) is 92.6 cm³/mol. The zero-order valence-electron chi connectivity index (χ0n) is 14.3. The number of benzene rings is 1. The van der Waals surface area contributed by atoms with Crippen LogP contribution in [-0.2, 0) is 14.8 Å². The van der Waals surface area contributed by atoms with Gasteiger partial charge >= 0.3 is 0 Å². The summed E-state index contributed by atoms with van der Waals surface area (Å²) in [6.45, 7) is 4.02. The zero-order chi connectivity index (χ0) is 17.6. The van der Waals surface area contributed by atoms with Crippen molar-refractivity contribution in [2.24, 2.45) is 0 Å². The smallest absolute Gasteiger partial charge is 0.258 e. The highest BCUT2D eigenvalue weighted by Crippen LogP contribution is 2.22. The summed E-state index contributed by atoms with van der Waals surface area (Å²) in [6.07, 6.45) is 5.11. The normalized spacial score (nSPS) is 15.4. The second-order valence-electron chi connectivity index (χ2n) is 6.16. The van der Waals surface area contributed by atoms with E-state index in [-0.39, 0.29) is 23.5 Å². The SMILES string of the molecule is CCCNS(=O)(=O)c1ccc(OCC(=O)NC2CCCC2)c(C)c1. The maximum absolute atomic E-state index is 12.1. The Balaban J connectivity index is 1.93. The fourth-order valence-electron chi connectivity index (χ4n) is 2.75. The van der Waals surface area contributed by atoms with Crippen LogP contribution < -0.4 is 14.8 Å². The lowest BCUT2D eigenvalue weighted by molar-refractivity contribution is -0.123. The highest BCUT2D eigenvalue weighted by atomic mass is 32.2. The summed E-state index contributed by atoms with van der Waals surface area (Å²) in [7, 11) is -3.49. The molecule has 7 heteroatoms. The van der Waals surface area contributed by atoms with E-state index in [2.05, 4.69) is 10.0 Å². The van der Waals surface area contributed by atoms with Crippen LogP contribution in [0.15, 0.2) is 23.1 Å². The van der Waals surface area contributed by atoms with E-state index in [0.29, 0.717) is 17.9 Å². The van der Waals surface area contributed by atoms with E-state index in [0.717, 1.165) is 32.1 Å². The number of carbonyl (C=O) groups is 1. The van der Waals surface area contributed by atoms with Crippen molar-refractivity contribution in [3.8, 4) is 5.75 Å². The first-order valence-electron chi connectivity index (χ1n) is 8.45. The van der Waals surface area contributed by atoms with Crippen LogP contribution in [0.5, 0.6) is 5.75 Å². The Labute approximate surface area is 144 Å². The molecule has 6 nitrogen and oxygen atoms in total. The lowest BCUT2D eigenvalue weighted by atomic mass is 10.2. The van der Waals surface area contributed by atoms with Gasteiger partial charge in [-0.15, -0.1) is 0 Å². The van der Waals surface area contributed by atoms with Gasteiger partial charge in [0.25, 0.3) is 5.91 Å². The van der Waals surface area contributed by atoms with Crippen molar-refractivity contribution in [3.63, 3.8) is 0 Å². The molecule has 0 spiro atoms. The predicted octanol–water partition coefficient (Wildman–Crippen LogP) is 2.12. The number of rotatable bonds is 8. The molecule has 0 saturated heterocycles. The molecule has 2 rings (SSSR count). The Bertz CT molecular complexity index is 667. The number of sulfonamides is 1. The average molecular weight is 354 g/mol. The Morgan fingerprint density at radius 1 is 1.29 bits per heavy atom. The molecule has 0 radical (unpaired) electrons. The minimum absolute atomic E-state index is 0.0580. The summed E-state index contributed by atoms with van der Waals surface area (Å²) in [5.41, 5.74) is 0.683. The van der Waals surface area contributed by atoms with E-state index in [9.17, 15) is 13.2 Å². The fraction of sp³-hybridized carbons (Fsp3) is 0.588. The van der Waals surface area contributed by atoms with Crippen molar-refractivity contribution in [1.82, 2.24) is 10.0 Å². The van der Waals surface area contributed by atoms with E-state index in [1.54, 1.807) is 19.1 Å². The first-order valence-corrected chi connectivity index (χ1v) is 9.93. The molecule has 2 N–H and O–H groups in total. The number of aryl methyl sites for hydroxylation is 1. The Morgan fingerprint density at radius 3 is 2.62 bits per heavy atom. The van der Waals surface area contributed by atoms with Crippen molar-refractivity contribution in [1.29, 1.82) is 0 Å². The number of hydrogen-bond donors (Lipinski definition) is 2. The molecular weight excluding hydrogens is 328 g/mol. The minimum Gasteiger partial charge on any atom is -0.484 e. The summed E-state index contributed by atoms with van der Waals surface area (Å²) in [4.78, 5) is 12.1. The third-order valence-electron chi connectivity index (χ3n) is 4.08. The second-order valence-corrected chi connectivity index (χ2v) is 7.93. The van der Waals surface area contributed by atoms with Gasteiger partial charge in [0.05, 0.1) is 4.90 Å². The van der Waals surface area contributed by atoms with Gasteiger partial charge < -0.3 is 10.1 Å². The Kier molecular flexibility index (Phi) is 6.62. The van der Waals surface area contributed by atoms with Crippen molar-refractivity contribution in [2.75, 3.05) is 13.2 Å². The van der Waals surface area contributed by atoms with Crippen LogP contribution in [0.2, 0.25) is 0 Å². The molecule has 1 aliphatic rings. The third kappa shape index (κ3) is 5.21. The van der Waals surface area contributed by atoms with Gasteiger partial charge in [-0.3, -0.25) is 4.79 Å². The average Bonchev–Trinajstić information content (AvgIpc) is 3.04. The van der Waals surface area contributed by atoms with Gasteiger partial charge in [0, 0.05) is 12.6 Å². The highest BCUT2D eigenvalue weighted by molar-refractivity contribution is 7.89. The number of carbonyl (C=O) groups excluding carboxylic acids is 1. The summed E-state index contributed by atoms with van der Waals surface area (Å²) >= 11 is 0.